The summed E-state index contributed by atoms with van der Waals surface area (Å²) in [5.74, 6) is -5.24. The van der Waals surface area contributed by atoms with Crippen molar-refractivity contribution in [1.82, 2.24) is 5.32 Å². The van der Waals surface area contributed by atoms with Gasteiger partial charge in [-0.2, -0.15) is 0 Å². The molecule has 0 radical (unpaired) electrons. The highest BCUT2D eigenvalue weighted by Gasteiger charge is 2.37. The van der Waals surface area contributed by atoms with Gasteiger partial charge in [0.2, 0.25) is 5.91 Å². The number of hydrogen-bond acceptors (Lipinski definition) is 8. The number of carbonyl (C=O) groups excluding carboxylic acids is 5. The zero-order chi connectivity index (χ0) is 22.0. The van der Waals surface area contributed by atoms with Crippen molar-refractivity contribution in [2.45, 2.75) is 33.2 Å². The summed E-state index contributed by atoms with van der Waals surface area (Å²) in [6.45, 7) is 4.42. The van der Waals surface area contributed by atoms with Crippen LogP contribution in [0.2, 0.25) is 0 Å². The van der Waals surface area contributed by atoms with Crippen LogP contribution in [-0.2, 0) is 28.7 Å². The summed E-state index contributed by atoms with van der Waals surface area (Å²) in [7, 11) is 0. The average molecular weight is 408 g/mol. The first-order valence-corrected chi connectivity index (χ1v) is 8.90. The number of benzene rings is 1. The van der Waals surface area contributed by atoms with Gasteiger partial charge in [-0.05, 0) is 32.0 Å². The molecule has 0 aliphatic rings. The van der Waals surface area contributed by atoms with E-state index >= 15 is 0 Å². The molecule has 0 aliphatic heterocycles. The Balaban J connectivity index is 3.09. The molecule has 0 bridgehead atoms. The SMILES string of the molecule is CCOC(=O)C[C@@H](C(=O)OCC)[C@@H](NC(=O)c1cccc(OC(C)=O)c1)C(N)=O. The van der Waals surface area contributed by atoms with Gasteiger partial charge in [0.1, 0.15) is 11.8 Å². The lowest BCUT2D eigenvalue weighted by Crippen LogP contribution is -2.52. The summed E-state index contributed by atoms with van der Waals surface area (Å²) in [4.78, 5) is 59.7. The molecule has 3 N–H and O–H groups in total. The number of rotatable bonds is 10. The lowest BCUT2D eigenvalue weighted by molar-refractivity contribution is -0.156. The van der Waals surface area contributed by atoms with Gasteiger partial charge >= 0.3 is 17.9 Å². The number of primary amides is 1. The van der Waals surface area contributed by atoms with Crippen molar-refractivity contribution in [3.8, 4) is 5.75 Å². The predicted molar refractivity (Wildman–Crippen MR) is 99.6 cm³/mol. The van der Waals surface area contributed by atoms with Crippen LogP contribution in [0.4, 0.5) is 0 Å². The molecule has 1 aromatic rings. The summed E-state index contributed by atoms with van der Waals surface area (Å²) in [5.41, 5.74) is 5.41. The summed E-state index contributed by atoms with van der Waals surface area (Å²) in [6, 6.07) is 4.09. The maximum Gasteiger partial charge on any atom is 0.312 e. The van der Waals surface area contributed by atoms with E-state index in [1.165, 1.54) is 31.2 Å². The first-order chi connectivity index (χ1) is 13.7. The van der Waals surface area contributed by atoms with E-state index < -0.39 is 48.1 Å². The molecule has 158 valence electrons. The van der Waals surface area contributed by atoms with Crippen LogP contribution < -0.4 is 15.8 Å². The van der Waals surface area contributed by atoms with Crippen LogP contribution in [0.1, 0.15) is 37.6 Å². The lowest BCUT2D eigenvalue weighted by Gasteiger charge is -2.23. The van der Waals surface area contributed by atoms with Crippen molar-refractivity contribution in [3.05, 3.63) is 29.8 Å². The van der Waals surface area contributed by atoms with Crippen molar-refractivity contribution in [2.24, 2.45) is 11.7 Å². The van der Waals surface area contributed by atoms with Crippen LogP contribution in [0.25, 0.3) is 0 Å². The minimum atomic E-state index is -1.52. The number of nitrogens with two attached hydrogens (primary N) is 1. The summed E-state index contributed by atoms with van der Waals surface area (Å²) >= 11 is 0. The maximum absolute atomic E-state index is 12.6. The molecule has 0 unspecified atom stereocenters. The standard InChI is InChI=1S/C19H24N2O8/c1-4-27-15(23)10-14(19(26)28-5-2)16(17(20)24)21-18(25)12-7-6-8-13(9-12)29-11(3)22/h6-9,14,16H,4-5,10H2,1-3H3,(H2,20,24)(H,21,25)/t14-,16-/m1/s1. The van der Waals surface area contributed by atoms with E-state index in [0.717, 1.165) is 0 Å². The van der Waals surface area contributed by atoms with Gasteiger partial charge in [0.15, 0.2) is 0 Å². The second kappa shape index (κ2) is 11.4. The third kappa shape index (κ3) is 7.60. The number of nitrogens with one attached hydrogen (secondary N) is 1. The number of hydrogen-bond donors (Lipinski definition) is 2. The van der Waals surface area contributed by atoms with Crippen LogP contribution in [0.5, 0.6) is 5.75 Å². The highest BCUT2D eigenvalue weighted by Crippen LogP contribution is 2.17. The lowest BCUT2D eigenvalue weighted by atomic mass is 9.95. The van der Waals surface area contributed by atoms with Crippen LogP contribution in [-0.4, -0.2) is 49.0 Å². The highest BCUT2D eigenvalue weighted by molar-refractivity contribution is 5.99. The average Bonchev–Trinajstić information content (AvgIpc) is 2.64. The topological polar surface area (TPSA) is 151 Å². The zero-order valence-electron chi connectivity index (χ0n) is 16.4. The van der Waals surface area contributed by atoms with Crippen LogP contribution in [0.15, 0.2) is 24.3 Å². The quantitative estimate of drug-likeness (QED) is 0.415. The molecule has 2 amide bonds. The van der Waals surface area contributed by atoms with Gasteiger partial charge in [-0.3, -0.25) is 24.0 Å². The molecule has 0 fully saturated rings. The molecule has 1 rings (SSSR count). The molecule has 29 heavy (non-hydrogen) atoms. The number of esters is 3. The Morgan fingerprint density at radius 2 is 1.72 bits per heavy atom. The predicted octanol–water partition coefficient (Wildman–Crippen LogP) is 0.328. The molecule has 0 heterocycles. The Kier molecular flexibility index (Phi) is 9.30. The van der Waals surface area contributed by atoms with E-state index in [2.05, 4.69) is 5.32 Å². The molecule has 0 saturated carbocycles. The van der Waals surface area contributed by atoms with E-state index in [-0.39, 0.29) is 24.5 Å². The van der Waals surface area contributed by atoms with Crippen LogP contribution in [0.3, 0.4) is 0 Å². The largest absolute Gasteiger partial charge is 0.466 e. The van der Waals surface area contributed by atoms with Crippen molar-refractivity contribution in [3.63, 3.8) is 0 Å². The summed E-state index contributed by atoms with van der Waals surface area (Å²) in [6.07, 6.45) is -0.506. The van der Waals surface area contributed by atoms with E-state index in [1.54, 1.807) is 13.8 Å². The number of carbonyl (C=O) groups is 5. The van der Waals surface area contributed by atoms with Gasteiger partial charge in [-0.25, -0.2) is 0 Å². The van der Waals surface area contributed by atoms with Crippen molar-refractivity contribution < 1.29 is 38.2 Å². The van der Waals surface area contributed by atoms with E-state index in [0.29, 0.717) is 0 Å². The highest BCUT2D eigenvalue weighted by atomic mass is 16.5. The normalized spacial score (nSPS) is 12.2. The fourth-order valence-corrected chi connectivity index (χ4v) is 2.45. The Labute approximate surface area is 167 Å². The molecule has 1 aromatic carbocycles. The molecular weight excluding hydrogens is 384 g/mol. The summed E-state index contributed by atoms with van der Waals surface area (Å²) in [5, 5.41) is 2.34. The van der Waals surface area contributed by atoms with Gasteiger partial charge < -0.3 is 25.3 Å². The maximum atomic E-state index is 12.6. The third-order valence-corrected chi connectivity index (χ3v) is 3.63. The van der Waals surface area contributed by atoms with E-state index in [9.17, 15) is 24.0 Å². The fourth-order valence-electron chi connectivity index (χ4n) is 2.45. The fraction of sp³-hybridized carbons (Fsp3) is 0.421. The monoisotopic (exact) mass is 408 g/mol. The number of ether oxygens (including phenoxy) is 3. The first-order valence-electron chi connectivity index (χ1n) is 8.90. The molecular formula is C19H24N2O8. The molecule has 0 saturated heterocycles. The Morgan fingerprint density at radius 3 is 2.28 bits per heavy atom. The van der Waals surface area contributed by atoms with Gasteiger partial charge in [-0.1, -0.05) is 6.07 Å². The summed E-state index contributed by atoms with van der Waals surface area (Å²) < 4.78 is 14.6. The molecule has 10 nitrogen and oxygen atoms in total. The van der Waals surface area contributed by atoms with Crippen LogP contribution >= 0.6 is 0 Å². The van der Waals surface area contributed by atoms with Gasteiger partial charge in [0, 0.05) is 12.5 Å². The number of amides is 2. The zero-order valence-corrected chi connectivity index (χ0v) is 16.4. The van der Waals surface area contributed by atoms with Crippen molar-refractivity contribution in [2.75, 3.05) is 13.2 Å². The molecule has 0 aliphatic carbocycles. The van der Waals surface area contributed by atoms with Gasteiger partial charge in [0.05, 0.1) is 25.6 Å². The van der Waals surface area contributed by atoms with E-state index in [4.69, 9.17) is 19.9 Å². The van der Waals surface area contributed by atoms with Gasteiger partial charge in [0.25, 0.3) is 5.91 Å². The van der Waals surface area contributed by atoms with Gasteiger partial charge in [-0.15, -0.1) is 0 Å². The molecule has 10 heteroatoms. The van der Waals surface area contributed by atoms with E-state index in [1.807, 2.05) is 0 Å². The first kappa shape index (κ1) is 23.6. The Morgan fingerprint density at radius 1 is 1.07 bits per heavy atom. The third-order valence-electron chi connectivity index (χ3n) is 3.63. The van der Waals surface area contributed by atoms with Crippen molar-refractivity contribution in [1.29, 1.82) is 0 Å². The van der Waals surface area contributed by atoms with Crippen molar-refractivity contribution >= 4 is 29.7 Å². The minimum Gasteiger partial charge on any atom is -0.466 e. The molecule has 0 spiro atoms. The molecule has 0 aromatic heterocycles. The second-order valence-electron chi connectivity index (χ2n) is 5.84. The minimum absolute atomic E-state index is 0.00200. The Hall–Kier alpha value is -3.43. The second-order valence-corrected chi connectivity index (χ2v) is 5.84. The Bertz CT molecular complexity index is 777. The smallest absolute Gasteiger partial charge is 0.312 e. The molecule has 2 atom stereocenters. The van der Waals surface area contributed by atoms with Crippen LogP contribution in [0, 0.1) is 5.92 Å².